The molecule has 2 unspecified atom stereocenters. The second-order valence-corrected chi connectivity index (χ2v) is 11.5. The maximum Gasteiger partial charge on any atom is 0.309 e. The Balaban J connectivity index is 1.48. The molecule has 1 fully saturated rings. The van der Waals surface area contributed by atoms with Crippen LogP contribution in [0, 0.1) is 5.92 Å². The lowest BCUT2D eigenvalue weighted by molar-refractivity contribution is -0.160. The van der Waals surface area contributed by atoms with Gasteiger partial charge in [-0.15, -0.1) is 0 Å². The average molecular weight is 499 g/mol. The van der Waals surface area contributed by atoms with Crippen LogP contribution in [0.2, 0.25) is 5.02 Å². The fourth-order valence-electron chi connectivity index (χ4n) is 5.25. The van der Waals surface area contributed by atoms with Crippen LogP contribution >= 0.6 is 11.6 Å². The van der Waals surface area contributed by atoms with Gasteiger partial charge in [0.15, 0.2) is 0 Å². The van der Waals surface area contributed by atoms with Gasteiger partial charge in [0.05, 0.1) is 27.9 Å². The third-order valence-corrected chi connectivity index (χ3v) is 7.45. The van der Waals surface area contributed by atoms with Gasteiger partial charge in [0, 0.05) is 12.0 Å². The van der Waals surface area contributed by atoms with Crippen molar-refractivity contribution in [1.82, 2.24) is 9.78 Å². The molecule has 1 heterocycles. The van der Waals surface area contributed by atoms with Crippen LogP contribution < -0.4 is 0 Å². The number of carbonyl (C=O) groups is 2. The number of carbonyl (C=O) groups excluding carboxylic acids is 2. The highest BCUT2D eigenvalue weighted by Gasteiger charge is 2.35. The number of benzene rings is 1. The number of rotatable bonds is 4. The summed E-state index contributed by atoms with van der Waals surface area (Å²) in [6.07, 6.45) is 6.18. The first kappa shape index (κ1) is 24.2. The molecule has 3 aliphatic rings. The molecule has 2 aromatic rings. The minimum absolute atomic E-state index is 0.172. The molecule has 186 valence electrons. The number of nitrogens with zero attached hydrogens (tertiary/aromatic N) is 2. The molecule has 0 bridgehead atoms. The highest BCUT2D eigenvalue weighted by molar-refractivity contribution is 6.34. The van der Waals surface area contributed by atoms with Crippen LogP contribution in [0.4, 0.5) is 4.39 Å². The quantitative estimate of drug-likeness (QED) is 0.454. The summed E-state index contributed by atoms with van der Waals surface area (Å²) >= 11 is 6.51. The van der Waals surface area contributed by atoms with Crippen molar-refractivity contribution in [2.45, 2.75) is 89.8 Å². The second-order valence-electron chi connectivity index (χ2n) is 11.0. The lowest BCUT2D eigenvalue weighted by Gasteiger charge is -2.26. The summed E-state index contributed by atoms with van der Waals surface area (Å²) in [5.41, 5.74) is 4.32. The predicted octanol–water partition coefficient (Wildman–Crippen LogP) is 6.45. The van der Waals surface area contributed by atoms with Crippen molar-refractivity contribution in [1.29, 1.82) is 0 Å². The monoisotopic (exact) mass is 498 g/mol. The fourth-order valence-corrected chi connectivity index (χ4v) is 5.51. The Hall–Kier alpha value is -2.47. The van der Waals surface area contributed by atoms with Crippen molar-refractivity contribution >= 4 is 29.1 Å². The maximum atomic E-state index is 14.5. The van der Waals surface area contributed by atoms with Crippen molar-refractivity contribution in [3.05, 3.63) is 57.4 Å². The number of hydrogen-bond donors (Lipinski definition) is 0. The van der Waals surface area contributed by atoms with Crippen LogP contribution in [-0.2, 0) is 22.4 Å². The fraction of sp³-hybridized carbons (Fsp3) is 0.536. The summed E-state index contributed by atoms with van der Waals surface area (Å²) in [5.74, 6) is -0.297. The summed E-state index contributed by atoms with van der Waals surface area (Å²) in [6, 6.07) is 5.57. The lowest BCUT2D eigenvalue weighted by Crippen LogP contribution is -2.29. The summed E-state index contributed by atoms with van der Waals surface area (Å²) in [4.78, 5) is 26.3. The molecule has 0 radical (unpaired) electrons. The van der Waals surface area contributed by atoms with E-state index in [4.69, 9.17) is 21.4 Å². The van der Waals surface area contributed by atoms with Gasteiger partial charge in [0.25, 0.3) is 5.91 Å². The highest BCUT2D eigenvalue weighted by Crippen LogP contribution is 2.44. The van der Waals surface area contributed by atoms with Gasteiger partial charge in [-0.3, -0.25) is 9.59 Å². The molecule has 0 spiro atoms. The van der Waals surface area contributed by atoms with Gasteiger partial charge in [-0.25, -0.2) is 4.39 Å². The van der Waals surface area contributed by atoms with Crippen molar-refractivity contribution < 1.29 is 18.7 Å². The molecule has 0 saturated heterocycles. The Bertz CT molecular complexity index is 1210. The molecule has 35 heavy (non-hydrogen) atoms. The number of allylic oxidation sites excluding steroid dienone is 2. The molecule has 1 saturated carbocycles. The molecule has 7 heteroatoms. The Labute approximate surface area is 210 Å². The van der Waals surface area contributed by atoms with E-state index in [1.165, 1.54) is 4.68 Å². The molecular formula is C28H32ClFN2O3. The number of aromatic nitrogens is 2. The molecule has 0 aliphatic heterocycles. The van der Waals surface area contributed by atoms with E-state index in [9.17, 15) is 14.0 Å². The Kier molecular flexibility index (Phi) is 6.37. The van der Waals surface area contributed by atoms with Crippen molar-refractivity contribution in [2.24, 2.45) is 5.92 Å². The minimum atomic E-state index is -0.996. The molecule has 0 amide bonds. The smallest absolute Gasteiger partial charge is 0.309 e. The summed E-state index contributed by atoms with van der Waals surface area (Å²) < 4.78 is 21.5. The third-order valence-electron chi connectivity index (χ3n) is 7.14. The summed E-state index contributed by atoms with van der Waals surface area (Å²) in [7, 11) is 0. The predicted molar refractivity (Wildman–Crippen MR) is 133 cm³/mol. The molecule has 2 atom stereocenters. The Morgan fingerprint density at radius 2 is 1.91 bits per heavy atom. The maximum absolute atomic E-state index is 14.5. The van der Waals surface area contributed by atoms with Crippen LogP contribution in [0.5, 0.6) is 0 Å². The molecule has 1 aromatic carbocycles. The Morgan fingerprint density at radius 1 is 1.14 bits per heavy atom. The second kappa shape index (κ2) is 9.20. The molecular weight excluding hydrogens is 467 g/mol. The number of hydrogen-bond acceptors (Lipinski definition) is 4. The van der Waals surface area contributed by atoms with Crippen molar-refractivity contribution in [3.63, 3.8) is 0 Å². The van der Waals surface area contributed by atoms with E-state index in [0.717, 1.165) is 35.2 Å². The zero-order chi connectivity index (χ0) is 24.9. The summed E-state index contributed by atoms with van der Waals surface area (Å²) in [6.45, 7) is 5.62. The van der Waals surface area contributed by atoms with Gasteiger partial charge in [0.1, 0.15) is 11.8 Å². The van der Waals surface area contributed by atoms with Crippen LogP contribution in [0.25, 0.3) is 5.57 Å². The van der Waals surface area contributed by atoms with E-state index in [1.54, 1.807) is 6.07 Å². The molecule has 1 aromatic heterocycles. The first-order valence-electron chi connectivity index (χ1n) is 12.6. The lowest BCUT2D eigenvalue weighted by atomic mass is 9.85. The largest absolute Gasteiger partial charge is 0.460 e. The van der Waals surface area contributed by atoms with Crippen LogP contribution in [0.1, 0.15) is 98.1 Å². The first-order valence-corrected chi connectivity index (χ1v) is 13.0. The highest BCUT2D eigenvalue weighted by atomic mass is 35.5. The molecule has 5 rings (SSSR count). The van der Waals surface area contributed by atoms with E-state index >= 15 is 0 Å². The van der Waals surface area contributed by atoms with Gasteiger partial charge >= 0.3 is 5.97 Å². The van der Waals surface area contributed by atoms with Crippen molar-refractivity contribution in [3.8, 4) is 0 Å². The van der Waals surface area contributed by atoms with Gasteiger partial charge < -0.3 is 4.74 Å². The zero-order valence-corrected chi connectivity index (χ0v) is 21.3. The SMILES string of the molecule is CC(C)(C)OC(=O)C1CC=C(c2nn(C(=O)c3c(Cl)cccc3C3CC3)c3c2CCC(F)C3)CC1. The number of halogens is 2. The topological polar surface area (TPSA) is 61.2 Å². The van der Waals surface area contributed by atoms with Crippen LogP contribution in [0.15, 0.2) is 24.3 Å². The molecule has 3 aliphatic carbocycles. The first-order chi connectivity index (χ1) is 16.6. The molecule has 0 N–H and O–H groups in total. The Morgan fingerprint density at radius 3 is 2.57 bits per heavy atom. The van der Waals surface area contributed by atoms with E-state index in [0.29, 0.717) is 54.3 Å². The minimum Gasteiger partial charge on any atom is -0.460 e. The number of ether oxygens (including phenoxy) is 1. The third kappa shape index (κ3) is 4.95. The average Bonchev–Trinajstić information content (AvgIpc) is 3.58. The van der Waals surface area contributed by atoms with Gasteiger partial charge in [-0.1, -0.05) is 29.8 Å². The normalized spacial score (nSPS) is 22.4. The number of fused-ring (bicyclic) bond motifs is 1. The number of esters is 1. The summed E-state index contributed by atoms with van der Waals surface area (Å²) in [5, 5.41) is 5.19. The zero-order valence-electron chi connectivity index (χ0n) is 20.6. The van der Waals surface area contributed by atoms with E-state index in [1.807, 2.05) is 39.0 Å². The van der Waals surface area contributed by atoms with Crippen LogP contribution in [-0.4, -0.2) is 33.4 Å². The molecule has 5 nitrogen and oxygen atoms in total. The van der Waals surface area contributed by atoms with E-state index in [-0.39, 0.29) is 24.2 Å². The van der Waals surface area contributed by atoms with Crippen LogP contribution in [0.3, 0.4) is 0 Å². The van der Waals surface area contributed by atoms with Crippen molar-refractivity contribution in [2.75, 3.05) is 0 Å². The standard InChI is InChI=1S/C28H32ClFN2O3/c1-28(2,3)35-27(34)18-11-9-17(10-12-18)25-21-14-13-19(30)15-23(21)32(31-25)26(33)24-20(16-7-8-16)5-4-6-22(24)29/h4-6,9,16,18-19H,7-8,10-15H2,1-3H3. The van der Waals surface area contributed by atoms with Gasteiger partial charge in [0.2, 0.25) is 0 Å². The van der Waals surface area contributed by atoms with E-state index in [2.05, 4.69) is 0 Å². The number of alkyl halides is 1. The van der Waals surface area contributed by atoms with Gasteiger partial charge in [-0.2, -0.15) is 9.78 Å². The van der Waals surface area contributed by atoms with Gasteiger partial charge in [-0.05, 0) is 88.8 Å². The van der Waals surface area contributed by atoms with E-state index < -0.39 is 11.8 Å².